The molecular formula is C26H28FN5O2. The van der Waals surface area contributed by atoms with Crippen LogP contribution in [0.3, 0.4) is 0 Å². The second-order valence-electron chi connectivity index (χ2n) is 8.48. The second-order valence-corrected chi connectivity index (χ2v) is 8.48. The molecule has 2 aliphatic rings. The van der Waals surface area contributed by atoms with E-state index in [4.69, 9.17) is 9.47 Å². The van der Waals surface area contributed by atoms with Crippen LogP contribution in [0.15, 0.2) is 54.2 Å². The van der Waals surface area contributed by atoms with E-state index in [1.165, 1.54) is 0 Å². The Morgan fingerprint density at radius 1 is 1.06 bits per heavy atom. The van der Waals surface area contributed by atoms with Crippen molar-refractivity contribution in [3.05, 3.63) is 71.2 Å². The Bertz CT molecular complexity index is 1190. The van der Waals surface area contributed by atoms with Crippen LogP contribution in [0.25, 0.3) is 6.08 Å². The molecule has 2 heterocycles. The SMILES string of the molecule is CC1=Cc2c(ccc(Nc3ccnc(Nc4ccccc4OCCN4CCOCC4)n3)c2F)C1. The number of hydrogen-bond acceptors (Lipinski definition) is 7. The van der Waals surface area contributed by atoms with Gasteiger partial charge in [-0.1, -0.05) is 29.8 Å². The highest BCUT2D eigenvalue weighted by Crippen LogP contribution is 2.32. The Kier molecular flexibility index (Phi) is 6.69. The molecular weight excluding hydrogens is 433 g/mol. The van der Waals surface area contributed by atoms with Gasteiger partial charge in [0.2, 0.25) is 5.95 Å². The predicted octanol–water partition coefficient (Wildman–Crippen LogP) is 4.77. The number of benzene rings is 2. The van der Waals surface area contributed by atoms with Gasteiger partial charge in [-0.25, -0.2) is 9.37 Å². The lowest BCUT2D eigenvalue weighted by Gasteiger charge is -2.26. The summed E-state index contributed by atoms with van der Waals surface area (Å²) in [6, 6.07) is 13.1. The maximum Gasteiger partial charge on any atom is 0.229 e. The molecule has 0 atom stereocenters. The molecule has 3 aromatic rings. The maximum absolute atomic E-state index is 15.0. The van der Waals surface area contributed by atoms with Gasteiger partial charge < -0.3 is 20.1 Å². The fourth-order valence-corrected chi connectivity index (χ4v) is 4.19. The van der Waals surface area contributed by atoms with E-state index in [9.17, 15) is 4.39 Å². The molecule has 0 amide bonds. The highest BCUT2D eigenvalue weighted by Gasteiger charge is 2.17. The summed E-state index contributed by atoms with van der Waals surface area (Å²) in [5.74, 6) is 1.36. The van der Waals surface area contributed by atoms with Crippen LogP contribution in [-0.4, -0.2) is 54.3 Å². The number of rotatable bonds is 8. The number of allylic oxidation sites excluding steroid dienone is 1. The molecule has 7 nitrogen and oxygen atoms in total. The Morgan fingerprint density at radius 3 is 2.79 bits per heavy atom. The van der Waals surface area contributed by atoms with Crippen molar-refractivity contribution in [2.75, 3.05) is 50.1 Å². The number of fused-ring (bicyclic) bond motifs is 1. The number of halogens is 1. The molecule has 2 N–H and O–H groups in total. The first-order valence-corrected chi connectivity index (χ1v) is 11.5. The number of hydrogen-bond donors (Lipinski definition) is 2. The van der Waals surface area contributed by atoms with Crippen molar-refractivity contribution in [1.29, 1.82) is 0 Å². The molecule has 1 saturated heterocycles. The van der Waals surface area contributed by atoms with Gasteiger partial charge in [0.1, 0.15) is 18.2 Å². The summed E-state index contributed by atoms with van der Waals surface area (Å²) in [6.07, 6.45) is 4.33. The minimum absolute atomic E-state index is 0.263. The van der Waals surface area contributed by atoms with Gasteiger partial charge in [-0.2, -0.15) is 4.98 Å². The van der Waals surface area contributed by atoms with E-state index in [-0.39, 0.29) is 5.82 Å². The highest BCUT2D eigenvalue weighted by molar-refractivity contribution is 5.71. The lowest BCUT2D eigenvalue weighted by molar-refractivity contribution is 0.0323. The van der Waals surface area contributed by atoms with Crippen molar-refractivity contribution in [3.8, 4) is 5.75 Å². The molecule has 176 valence electrons. The molecule has 0 saturated carbocycles. The highest BCUT2D eigenvalue weighted by atomic mass is 19.1. The average molecular weight is 462 g/mol. The number of morpholine rings is 1. The fourth-order valence-electron chi connectivity index (χ4n) is 4.19. The van der Waals surface area contributed by atoms with Crippen LogP contribution < -0.4 is 15.4 Å². The summed E-state index contributed by atoms with van der Waals surface area (Å²) in [5, 5.41) is 6.31. The molecule has 1 fully saturated rings. The molecule has 0 unspecified atom stereocenters. The number of para-hydroxylation sites is 2. The van der Waals surface area contributed by atoms with Crippen molar-refractivity contribution in [2.45, 2.75) is 13.3 Å². The summed E-state index contributed by atoms with van der Waals surface area (Å²) in [5.41, 5.74) is 3.98. The van der Waals surface area contributed by atoms with Crippen molar-refractivity contribution >= 4 is 29.2 Å². The van der Waals surface area contributed by atoms with Crippen LogP contribution in [0.2, 0.25) is 0 Å². The van der Waals surface area contributed by atoms with Gasteiger partial charge in [-0.3, -0.25) is 4.90 Å². The molecule has 0 spiro atoms. The van der Waals surface area contributed by atoms with E-state index < -0.39 is 0 Å². The van der Waals surface area contributed by atoms with Gasteiger partial charge >= 0.3 is 0 Å². The van der Waals surface area contributed by atoms with Gasteiger partial charge in [0, 0.05) is 31.4 Å². The zero-order valence-corrected chi connectivity index (χ0v) is 19.2. The minimum atomic E-state index is -0.263. The standard InChI is InChI=1S/C26H28FN5O2/c1-18-16-19-6-7-22(25(27)20(19)17-18)29-24-8-9-28-26(31-24)30-21-4-2-3-5-23(21)34-15-12-32-10-13-33-14-11-32/h2-9,17H,10-16H2,1H3,(H2,28,29,30,31). The Morgan fingerprint density at radius 2 is 1.91 bits per heavy atom. The molecule has 1 aliphatic heterocycles. The van der Waals surface area contributed by atoms with Crippen molar-refractivity contribution in [2.24, 2.45) is 0 Å². The van der Waals surface area contributed by atoms with E-state index >= 15 is 0 Å². The molecule has 1 aliphatic carbocycles. The lowest BCUT2D eigenvalue weighted by Crippen LogP contribution is -2.38. The van der Waals surface area contributed by atoms with Crippen LogP contribution in [0.4, 0.5) is 27.5 Å². The van der Waals surface area contributed by atoms with E-state index in [0.717, 1.165) is 61.8 Å². The Labute approximate surface area is 198 Å². The first-order valence-electron chi connectivity index (χ1n) is 11.5. The Hall–Kier alpha value is -3.49. The van der Waals surface area contributed by atoms with Crippen LogP contribution in [0.1, 0.15) is 18.1 Å². The van der Waals surface area contributed by atoms with Gasteiger partial charge in [-0.15, -0.1) is 0 Å². The molecule has 2 aromatic carbocycles. The summed E-state index contributed by atoms with van der Waals surface area (Å²) >= 11 is 0. The molecule has 8 heteroatoms. The van der Waals surface area contributed by atoms with Crippen LogP contribution in [-0.2, 0) is 11.2 Å². The molecule has 5 rings (SSSR count). The van der Waals surface area contributed by atoms with Crippen molar-refractivity contribution in [3.63, 3.8) is 0 Å². The molecule has 1 aromatic heterocycles. The normalized spacial score (nSPS) is 15.5. The minimum Gasteiger partial charge on any atom is -0.490 e. The third kappa shape index (κ3) is 5.18. The maximum atomic E-state index is 15.0. The lowest BCUT2D eigenvalue weighted by atomic mass is 10.1. The zero-order chi connectivity index (χ0) is 23.3. The predicted molar refractivity (Wildman–Crippen MR) is 132 cm³/mol. The van der Waals surface area contributed by atoms with Crippen molar-refractivity contribution < 1.29 is 13.9 Å². The molecule has 0 radical (unpaired) electrons. The van der Waals surface area contributed by atoms with Crippen LogP contribution in [0.5, 0.6) is 5.75 Å². The van der Waals surface area contributed by atoms with E-state index in [0.29, 0.717) is 29.6 Å². The number of nitrogens with one attached hydrogen (secondary N) is 2. The summed E-state index contributed by atoms with van der Waals surface area (Å²) < 4.78 is 26.4. The number of ether oxygens (including phenoxy) is 2. The summed E-state index contributed by atoms with van der Waals surface area (Å²) in [7, 11) is 0. The third-order valence-electron chi connectivity index (χ3n) is 5.95. The van der Waals surface area contributed by atoms with Crippen LogP contribution in [0, 0.1) is 5.82 Å². The van der Waals surface area contributed by atoms with Gasteiger partial charge in [0.05, 0.1) is 24.6 Å². The quantitative estimate of drug-likeness (QED) is 0.501. The van der Waals surface area contributed by atoms with Gasteiger partial charge in [0.25, 0.3) is 0 Å². The number of nitrogens with zero attached hydrogens (tertiary/aromatic N) is 3. The van der Waals surface area contributed by atoms with E-state index in [1.807, 2.05) is 43.3 Å². The fraction of sp³-hybridized carbons (Fsp3) is 0.308. The van der Waals surface area contributed by atoms with Crippen molar-refractivity contribution in [1.82, 2.24) is 14.9 Å². The largest absolute Gasteiger partial charge is 0.490 e. The first kappa shape index (κ1) is 22.3. The number of anilines is 4. The smallest absolute Gasteiger partial charge is 0.229 e. The zero-order valence-electron chi connectivity index (χ0n) is 19.2. The van der Waals surface area contributed by atoms with E-state index in [1.54, 1.807) is 18.3 Å². The second kappa shape index (κ2) is 10.2. The van der Waals surface area contributed by atoms with Gasteiger partial charge in [-0.05, 0) is 43.2 Å². The Balaban J connectivity index is 1.25. The average Bonchev–Trinajstić information content (AvgIpc) is 3.24. The summed E-state index contributed by atoms with van der Waals surface area (Å²) in [4.78, 5) is 11.2. The van der Waals surface area contributed by atoms with Gasteiger partial charge in [0.15, 0.2) is 5.82 Å². The first-order chi connectivity index (χ1) is 16.7. The third-order valence-corrected chi connectivity index (χ3v) is 5.95. The molecule has 0 bridgehead atoms. The topological polar surface area (TPSA) is 71.5 Å². The number of aromatic nitrogens is 2. The molecule has 34 heavy (non-hydrogen) atoms. The van der Waals surface area contributed by atoms with Crippen LogP contribution >= 0.6 is 0 Å². The monoisotopic (exact) mass is 461 g/mol. The van der Waals surface area contributed by atoms with E-state index in [2.05, 4.69) is 25.5 Å². The summed E-state index contributed by atoms with van der Waals surface area (Å²) in [6.45, 7) is 6.83.